The van der Waals surface area contributed by atoms with E-state index in [1.165, 1.54) is 14.0 Å². The van der Waals surface area contributed by atoms with Crippen molar-refractivity contribution in [2.24, 2.45) is 5.73 Å². The Morgan fingerprint density at radius 2 is 2.22 bits per heavy atom. The minimum absolute atomic E-state index is 0.0562. The Bertz CT molecular complexity index is 421. The van der Waals surface area contributed by atoms with Crippen molar-refractivity contribution in [1.82, 2.24) is 0 Å². The lowest BCUT2D eigenvalue weighted by Crippen LogP contribution is -2.16. The van der Waals surface area contributed by atoms with E-state index >= 15 is 0 Å². The molecular formula is C13H18FNO3. The van der Waals surface area contributed by atoms with Gasteiger partial charge in [0, 0.05) is 18.0 Å². The first-order valence-corrected chi connectivity index (χ1v) is 5.75. The predicted octanol–water partition coefficient (Wildman–Crippen LogP) is 2.59. The molecule has 0 heterocycles. The van der Waals surface area contributed by atoms with E-state index in [0.717, 1.165) is 0 Å². The summed E-state index contributed by atoms with van der Waals surface area (Å²) in [4.78, 5) is 10.5. The fourth-order valence-electron chi connectivity index (χ4n) is 1.91. The van der Waals surface area contributed by atoms with Crippen LogP contribution in [0, 0.1) is 0 Å². The standard InChI is InChI=1S/C13H18FNO3/c1-8(14)9-4-3-5-11(18-2)13(9)10(15)6-7-12(16)17/h3-5,8,10H,6-7,15H2,1-2H3,(H,16,17). The summed E-state index contributed by atoms with van der Waals surface area (Å²) in [5.41, 5.74) is 6.95. The van der Waals surface area contributed by atoms with Crippen LogP contribution in [0.3, 0.4) is 0 Å². The Morgan fingerprint density at radius 1 is 1.56 bits per heavy atom. The van der Waals surface area contributed by atoms with E-state index in [1.807, 2.05) is 0 Å². The molecule has 4 nitrogen and oxygen atoms in total. The molecule has 2 unspecified atom stereocenters. The number of hydrogen-bond donors (Lipinski definition) is 2. The monoisotopic (exact) mass is 255 g/mol. The number of carboxylic acid groups (broad SMARTS) is 1. The number of methoxy groups -OCH3 is 1. The third kappa shape index (κ3) is 3.43. The number of aliphatic carboxylic acids is 1. The highest BCUT2D eigenvalue weighted by Gasteiger charge is 2.20. The van der Waals surface area contributed by atoms with Crippen molar-refractivity contribution < 1.29 is 19.0 Å². The second kappa shape index (κ2) is 6.35. The topological polar surface area (TPSA) is 72.5 Å². The quantitative estimate of drug-likeness (QED) is 0.819. The zero-order valence-electron chi connectivity index (χ0n) is 10.5. The average molecular weight is 255 g/mol. The number of carbonyl (C=O) groups is 1. The van der Waals surface area contributed by atoms with Gasteiger partial charge in [0.25, 0.3) is 0 Å². The van der Waals surface area contributed by atoms with Crippen molar-refractivity contribution in [1.29, 1.82) is 0 Å². The van der Waals surface area contributed by atoms with Crippen LogP contribution in [0.4, 0.5) is 4.39 Å². The fraction of sp³-hybridized carbons (Fsp3) is 0.462. The van der Waals surface area contributed by atoms with Crippen molar-refractivity contribution in [3.05, 3.63) is 29.3 Å². The van der Waals surface area contributed by atoms with E-state index in [-0.39, 0.29) is 12.8 Å². The highest BCUT2D eigenvalue weighted by molar-refractivity contribution is 5.66. The van der Waals surface area contributed by atoms with Crippen molar-refractivity contribution in [3.8, 4) is 5.75 Å². The molecule has 0 saturated carbocycles. The third-order valence-corrected chi connectivity index (χ3v) is 2.79. The maximum absolute atomic E-state index is 13.5. The Kier molecular flexibility index (Phi) is 5.09. The van der Waals surface area contributed by atoms with Crippen LogP contribution in [0.25, 0.3) is 0 Å². The lowest BCUT2D eigenvalue weighted by molar-refractivity contribution is -0.137. The van der Waals surface area contributed by atoms with Crippen LogP contribution in [0.15, 0.2) is 18.2 Å². The van der Waals surface area contributed by atoms with Gasteiger partial charge < -0.3 is 15.6 Å². The molecule has 0 aromatic heterocycles. The van der Waals surface area contributed by atoms with Crippen LogP contribution in [0.2, 0.25) is 0 Å². The van der Waals surface area contributed by atoms with Crippen molar-refractivity contribution in [2.45, 2.75) is 32.0 Å². The molecule has 0 bridgehead atoms. The van der Waals surface area contributed by atoms with Gasteiger partial charge in [-0.1, -0.05) is 12.1 Å². The van der Waals surface area contributed by atoms with E-state index in [4.69, 9.17) is 15.6 Å². The third-order valence-electron chi connectivity index (χ3n) is 2.79. The zero-order valence-corrected chi connectivity index (χ0v) is 10.5. The van der Waals surface area contributed by atoms with Gasteiger partial charge in [0.15, 0.2) is 0 Å². The SMILES string of the molecule is COc1cccc(C(C)F)c1C(N)CCC(=O)O. The number of rotatable bonds is 6. The molecule has 1 rings (SSSR count). The normalized spacial score (nSPS) is 14.0. The minimum atomic E-state index is -1.18. The molecule has 2 atom stereocenters. The summed E-state index contributed by atoms with van der Waals surface area (Å²) >= 11 is 0. The molecule has 3 N–H and O–H groups in total. The lowest BCUT2D eigenvalue weighted by Gasteiger charge is -2.20. The minimum Gasteiger partial charge on any atom is -0.496 e. The number of carboxylic acids is 1. The maximum Gasteiger partial charge on any atom is 0.303 e. The Hall–Kier alpha value is -1.62. The van der Waals surface area contributed by atoms with E-state index < -0.39 is 18.2 Å². The van der Waals surface area contributed by atoms with Crippen LogP contribution in [0.1, 0.15) is 43.1 Å². The average Bonchev–Trinajstić information content (AvgIpc) is 2.34. The molecule has 0 spiro atoms. The molecule has 18 heavy (non-hydrogen) atoms. The van der Waals surface area contributed by atoms with Gasteiger partial charge in [-0.2, -0.15) is 0 Å². The Morgan fingerprint density at radius 3 is 2.72 bits per heavy atom. The highest BCUT2D eigenvalue weighted by Crippen LogP contribution is 2.34. The molecule has 0 saturated heterocycles. The van der Waals surface area contributed by atoms with Crippen LogP contribution in [0.5, 0.6) is 5.75 Å². The van der Waals surface area contributed by atoms with E-state index in [1.54, 1.807) is 18.2 Å². The first kappa shape index (κ1) is 14.4. The van der Waals surface area contributed by atoms with Gasteiger partial charge in [0.05, 0.1) is 7.11 Å². The summed E-state index contributed by atoms with van der Waals surface area (Å²) in [6.07, 6.45) is -0.986. The summed E-state index contributed by atoms with van der Waals surface area (Å²) in [6, 6.07) is 4.48. The van der Waals surface area contributed by atoms with E-state index in [0.29, 0.717) is 16.9 Å². The summed E-state index contributed by atoms with van der Waals surface area (Å²) in [6.45, 7) is 1.42. The Labute approximate surface area is 106 Å². The van der Waals surface area contributed by atoms with Gasteiger partial charge in [0.2, 0.25) is 0 Å². The molecule has 0 amide bonds. The van der Waals surface area contributed by atoms with Gasteiger partial charge in [-0.3, -0.25) is 4.79 Å². The molecule has 100 valence electrons. The molecule has 0 aliphatic heterocycles. The number of hydrogen-bond acceptors (Lipinski definition) is 3. The fourth-order valence-corrected chi connectivity index (χ4v) is 1.91. The number of nitrogens with two attached hydrogens (primary N) is 1. The first-order chi connectivity index (χ1) is 8.47. The molecule has 0 fully saturated rings. The van der Waals surface area contributed by atoms with Crippen LogP contribution in [-0.4, -0.2) is 18.2 Å². The van der Waals surface area contributed by atoms with Gasteiger partial charge >= 0.3 is 5.97 Å². The molecule has 0 radical (unpaired) electrons. The van der Waals surface area contributed by atoms with E-state index in [2.05, 4.69) is 0 Å². The number of ether oxygens (including phenoxy) is 1. The van der Waals surface area contributed by atoms with Crippen LogP contribution >= 0.6 is 0 Å². The van der Waals surface area contributed by atoms with Crippen molar-refractivity contribution in [3.63, 3.8) is 0 Å². The zero-order chi connectivity index (χ0) is 13.7. The van der Waals surface area contributed by atoms with Gasteiger partial charge in [-0.05, 0) is 25.0 Å². The highest BCUT2D eigenvalue weighted by atomic mass is 19.1. The molecule has 0 aliphatic rings. The molecule has 1 aromatic carbocycles. The van der Waals surface area contributed by atoms with Crippen LogP contribution < -0.4 is 10.5 Å². The largest absolute Gasteiger partial charge is 0.496 e. The molecule has 1 aromatic rings. The second-order valence-corrected chi connectivity index (χ2v) is 4.12. The predicted molar refractivity (Wildman–Crippen MR) is 66.3 cm³/mol. The molecule has 0 aliphatic carbocycles. The lowest BCUT2D eigenvalue weighted by atomic mass is 9.94. The first-order valence-electron chi connectivity index (χ1n) is 5.75. The number of benzene rings is 1. The van der Waals surface area contributed by atoms with Gasteiger partial charge in [0.1, 0.15) is 11.9 Å². The van der Waals surface area contributed by atoms with Crippen molar-refractivity contribution in [2.75, 3.05) is 7.11 Å². The molecular weight excluding hydrogens is 237 g/mol. The van der Waals surface area contributed by atoms with E-state index in [9.17, 15) is 9.18 Å². The summed E-state index contributed by atoms with van der Waals surface area (Å²) < 4.78 is 18.7. The number of alkyl halides is 1. The second-order valence-electron chi connectivity index (χ2n) is 4.12. The molecule has 5 heteroatoms. The van der Waals surface area contributed by atoms with Gasteiger partial charge in [-0.15, -0.1) is 0 Å². The Balaban J connectivity index is 3.06. The summed E-state index contributed by atoms with van der Waals surface area (Å²) in [5, 5.41) is 8.65. The van der Waals surface area contributed by atoms with Gasteiger partial charge in [-0.25, -0.2) is 4.39 Å². The maximum atomic E-state index is 13.5. The van der Waals surface area contributed by atoms with Crippen LogP contribution in [-0.2, 0) is 4.79 Å². The van der Waals surface area contributed by atoms with Crippen molar-refractivity contribution >= 4 is 5.97 Å². The number of halogens is 1. The smallest absolute Gasteiger partial charge is 0.303 e. The summed E-state index contributed by atoms with van der Waals surface area (Å²) in [7, 11) is 1.48. The summed E-state index contributed by atoms with van der Waals surface area (Å²) in [5.74, 6) is -0.426.